The summed E-state index contributed by atoms with van der Waals surface area (Å²) in [5.74, 6) is 0. The van der Waals surface area contributed by atoms with Gasteiger partial charge in [-0.2, -0.15) is 0 Å². The third-order valence-electron chi connectivity index (χ3n) is 5.70. The Hall–Kier alpha value is -3.83. The zero-order valence-electron chi connectivity index (χ0n) is 15.8. The molecule has 30 heavy (non-hydrogen) atoms. The van der Waals surface area contributed by atoms with E-state index >= 15 is 0 Å². The van der Waals surface area contributed by atoms with Crippen LogP contribution in [0.15, 0.2) is 85.3 Å². The number of aromatic nitrogens is 4. The van der Waals surface area contributed by atoms with Gasteiger partial charge in [-0.15, -0.1) is 11.3 Å². The highest BCUT2D eigenvalue weighted by Gasteiger charge is 2.15. The smallest absolute Gasteiger partial charge is 0.165 e. The molecule has 2 aromatic carbocycles. The number of pyridine rings is 3. The molecule has 0 unspecified atom stereocenters. The van der Waals surface area contributed by atoms with Crippen molar-refractivity contribution in [2.75, 3.05) is 0 Å². The molecule has 0 saturated carbocycles. The van der Waals surface area contributed by atoms with Crippen LogP contribution in [0.1, 0.15) is 0 Å². The lowest BCUT2D eigenvalue weighted by Gasteiger charge is -2.09. The lowest BCUT2D eigenvalue weighted by Crippen LogP contribution is -1.93. The molecule has 5 heteroatoms. The van der Waals surface area contributed by atoms with Crippen molar-refractivity contribution in [2.45, 2.75) is 0 Å². The van der Waals surface area contributed by atoms with Crippen LogP contribution in [-0.2, 0) is 0 Å². The Morgan fingerprint density at radius 2 is 1.53 bits per heavy atom. The molecule has 7 aromatic rings. The second kappa shape index (κ2) is 5.84. The van der Waals surface area contributed by atoms with Crippen molar-refractivity contribution < 1.29 is 0 Å². The number of fused-ring (bicyclic) bond motifs is 8. The van der Waals surface area contributed by atoms with E-state index in [0.29, 0.717) is 0 Å². The molecule has 4 nitrogen and oxygen atoms in total. The molecule has 0 aliphatic rings. The molecule has 0 N–H and O–H groups in total. The van der Waals surface area contributed by atoms with Gasteiger partial charge in [0.15, 0.2) is 11.3 Å². The second-order valence-corrected chi connectivity index (χ2v) is 8.49. The number of rotatable bonds is 1. The van der Waals surface area contributed by atoms with Gasteiger partial charge in [0.25, 0.3) is 0 Å². The Bertz CT molecular complexity index is 1760. The second-order valence-electron chi connectivity index (χ2n) is 7.40. The summed E-state index contributed by atoms with van der Waals surface area (Å²) in [6, 6.07) is 23.4. The Kier molecular flexibility index (Phi) is 3.12. The first-order chi connectivity index (χ1) is 14.9. The third kappa shape index (κ3) is 2.12. The van der Waals surface area contributed by atoms with Gasteiger partial charge >= 0.3 is 0 Å². The normalized spacial score (nSPS) is 12.0. The van der Waals surface area contributed by atoms with E-state index in [1.54, 1.807) is 0 Å². The fourth-order valence-electron chi connectivity index (χ4n) is 4.34. The van der Waals surface area contributed by atoms with Crippen LogP contribution in [0, 0.1) is 0 Å². The highest BCUT2D eigenvalue weighted by molar-refractivity contribution is 7.25. The molecule has 0 aliphatic carbocycles. The Morgan fingerprint density at radius 3 is 2.53 bits per heavy atom. The van der Waals surface area contributed by atoms with Gasteiger partial charge in [0.2, 0.25) is 0 Å². The van der Waals surface area contributed by atoms with Crippen molar-refractivity contribution >= 4 is 59.2 Å². The molecule has 0 fully saturated rings. The van der Waals surface area contributed by atoms with Gasteiger partial charge < -0.3 is 0 Å². The van der Waals surface area contributed by atoms with Gasteiger partial charge in [-0.25, -0.2) is 9.97 Å². The van der Waals surface area contributed by atoms with Gasteiger partial charge in [0.1, 0.15) is 11.0 Å². The summed E-state index contributed by atoms with van der Waals surface area (Å²) in [5, 5.41) is 3.69. The fraction of sp³-hybridized carbons (Fsp3) is 0. The van der Waals surface area contributed by atoms with E-state index in [1.807, 2.05) is 41.9 Å². The highest BCUT2D eigenvalue weighted by atomic mass is 32.1. The van der Waals surface area contributed by atoms with Gasteiger partial charge in [-0.3, -0.25) is 9.38 Å². The standard InChI is InChI=1S/C25H14N4S/c1-2-8-21-16(5-1)18-13-15(9-10-22(18)30-21)19-14-29-24-20(7-4-12-27-24)28-25(29)23-17(19)6-3-11-26-23/h1-14H. The molecule has 0 amide bonds. The maximum Gasteiger partial charge on any atom is 0.165 e. The van der Waals surface area contributed by atoms with Crippen molar-refractivity contribution in [3.63, 3.8) is 0 Å². The minimum absolute atomic E-state index is 0.838. The molecular weight excluding hydrogens is 388 g/mol. The van der Waals surface area contributed by atoms with E-state index in [0.717, 1.165) is 33.3 Å². The zero-order chi connectivity index (χ0) is 19.7. The van der Waals surface area contributed by atoms with Gasteiger partial charge in [0, 0.05) is 49.7 Å². The van der Waals surface area contributed by atoms with Gasteiger partial charge in [-0.1, -0.05) is 30.3 Å². The Labute approximate surface area is 175 Å². The summed E-state index contributed by atoms with van der Waals surface area (Å²) < 4.78 is 4.69. The molecule has 0 saturated heterocycles. The molecule has 140 valence electrons. The number of hydrogen-bond acceptors (Lipinski definition) is 4. The maximum atomic E-state index is 4.80. The van der Waals surface area contributed by atoms with Crippen LogP contribution in [0.3, 0.4) is 0 Å². The first kappa shape index (κ1) is 16.0. The topological polar surface area (TPSA) is 43.1 Å². The maximum absolute atomic E-state index is 4.80. The molecule has 0 aliphatic heterocycles. The third-order valence-corrected chi connectivity index (χ3v) is 6.86. The van der Waals surface area contributed by atoms with Crippen LogP contribution in [0.5, 0.6) is 0 Å². The summed E-state index contributed by atoms with van der Waals surface area (Å²) in [6.07, 6.45) is 5.79. The van der Waals surface area contributed by atoms with E-state index in [1.165, 1.54) is 25.7 Å². The molecule has 0 bridgehead atoms. The lowest BCUT2D eigenvalue weighted by molar-refractivity contribution is 1.19. The quantitative estimate of drug-likeness (QED) is 0.316. The zero-order valence-corrected chi connectivity index (χ0v) is 16.6. The SMILES string of the molecule is c1cnc2c(c1)nc1c3ncccc3c(-c3ccc4sc5ccccc5c4c3)cn21. The first-order valence-corrected chi connectivity index (χ1v) is 10.6. The van der Waals surface area contributed by atoms with Gasteiger partial charge in [-0.05, 0) is 42.0 Å². The van der Waals surface area contributed by atoms with E-state index in [-0.39, 0.29) is 0 Å². The molecule has 7 rings (SSSR count). The Balaban J connectivity index is 1.62. The fourth-order valence-corrected chi connectivity index (χ4v) is 5.43. The summed E-state index contributed by atoms with van der Waals surface area (Å²) in [4.78, 5) is 14.1. The van der Waals surface area contributed by atoms with E-state index < -0.39 is 0 Å². The predicted octanol–water partition coefficient (Wildman–Crippen LogP) is 6.47. The Morgan fingerprint density at radius 1 is 0.700 bits per heavy atom. The number of imidazole rings is 1. The molecule has 0 spiro atoms. The van der Waals surface area contributed by atoms with Crippen molar-refractivity contribution in [1.29, 1.82) is 0 Å². The average Bonchev–Trinajstić information content (AvgIpc) is 3.36. The first-order valence-electron chi connectivity index (χ1n) is 9.79. The van der Waals surface area contributed by atoms with Crippen LogP contribution < -0.4 is 0 Å². The molecule has 0 atom stereocenters. The van der Waals surface area contributed by atoms with Crippen LogP contribution in [-0.4, -0.2) is 19.4 Å². The van der Waals surface area contributed by atoms with Gasteiger partial charge in [0.05, 0.1) is 0 Å². The number of benzene rings is 2. The summed E-state index contributed by atoms with van der Waals surface area (Å²) in [7, 11) is 0. The molecule has 5 heterocycles. The summed E-state index contributed by atoms with van der Waals surface area (Å²) >= 11 is 1.84. The molecule has 5 aromatic heterocycles. The largest absolute Gasteiger partial charge is 0.282 e. The van der Waals surface area contributed by atoms with Crippen LogP contribution in [0.2, 0.25) is 0 Å². The summed E-state index contributed by atoms with van der Waals surface area (Å²) in [6.45, 7) is 0. The number of thiophene rings is 1. The molecule has 0 radical (unpaired) electrons. The highest BCUT2D eigenvalue weighted by Crippen LogP contribution is 2.38. The minimum atomic E-state index is 0.838. The molecular formula is C25H14N4S. The van der Waals surface area contributed by atoms with E-state index in [9.17, 15) is 0 Å². The van der Waals surface area contributed by atoms with Crippen molar-refractivity contribution in [2.24, 2.45) is 0 Å². The predicted molar refractivity (Wildman–Crippen MR) is 124 cm³/mol. The average molecular weight is 402 g/mol. The number of hydrogen-bond donors (Lipinski definition) is 0. The van der Waals surface area contributed by atoms with Crippen molar-refractivity contribution in [3.05, 3.63) is 85.3 Å². The van der Waals surface area contributed by atoms with Crippen LogP contribution in [0.4, 0.5) is 0 Å². The van der Waals surface area contributed by atoms with E-state index in [4.69, 9.17) is 4.98 Å². The number of nitrogens with zero attached hydrogens (tertiary/aromatic N) is 4. The lowest BCUT2D eigenvalue weighted by atomic mass is 10.0. The van der Waals surface area contributed by atoms with Crippen molar-refractivity contribution in [3.8, 4) is 11.1 Å². The van der Waals surface area contributed by atoms with Crippen molar-refractivity contribution in [1.82, 2.24) is 19.4 Å². The minimum Gasteiger partial charge on any atom is -0.282 e. The van der Waals surface area contributed by atoms with E-state index in [2.05, 4.69) is 69.1 Å². The summed E-state index contributed by atoms with van der Waals surface area (Å²) in [5.41, 5.74) is 5.76. The van der Waals surface area contributed by atoms with Crippen LogP contribution >= 0.6 is 11.3 Å². The van der Waals surface area contributed by atoms with Crippen LogP contribution in [0.25, 0.3) is 59.0 Å². The monoisotopic (exact) mass is 402 g/mol.